The predicted molar refractivity (Wildman–Crippen MR) is 82.0 cm³/mol. The molecule has 2 aromatic rings. The van der Waals surface area contributed by atoms with Gasteiger partial charge in [0.15, 0.2) is 0 Å². The molecule has 19 heavy (non-hydrogen) atoms. The minimum Gasteiger partial charge on any atom is -0.546 e. The number of nitrogens with zero attached hydrogens (tertiary/aromatic N) is 2. The van der Waals surface area contributed by atoms with Crippen molar-refractivity contribution in [1.82, 2.24) is 4.98 Å². The summed E-state index contributed by atoms with van der Waals surface area (Å²) in [5.41, 5.74) is 2.10. The highest BCUT2D eigenvalue weighted by Crippen LogP contribution is 2.27. The number of para-hydroxylation sites is 2. The van der Waals surface area contributed by atoms with E-state index in [2.05, 4.69) is 23.1 Å². The summed E-state index contributed by atoms with van der Waals surface area (Å²) < 4.78 is 5.86. The molecule has 0 atom stereocenters. The highest BCUT2D eigenvalue weighted by atomic mass is 28.3. The quantitative estimate of drug-likeness (QED) is 0.616. The second-order valence-corrected chi connectivity index (χ2v) is 6.84. The Morgan fingerprint density at radius 1 is 1.16 bits per heavy atom. The Bertz CT molecular complexity index is 541. The maximum absolute atomic E-state index is 5.86. The van der Waals surface area contributed by atoms with Crippen molar-refractivity contribution in [3.8, 4) is 5.75 Å². The Kier molecular flexibility index (Phi) is 4.86. The van der Waals surface area contributed by atoms with Crippen molar-refractivity contribution in [3.05, 3.63) is 54.4 Å². The summed E-state index contributed by atoms with van der Waals surface area (Å²) in [4.78, 5) is 8.50. The molecule has 0 N–H and O–H groups in total. The highest BCUT2D eigenvalue weighted by Gasteiger charge is 2.03. The van der Waals surface area contributed by atoms with Gasteiger partial charge in [-0.25, -0.2) is 0 Å². The van der Waals surface area contributed by atoms with E-state index in [-0.39, 0.29) is 0 Å². The van der Waals surface area contributed by atoms with Gasteiger partial charge in [-0.1, -0.05) is 12.1 Å². The average Bonchev–Trinajstić information content (AvgIpc) is 2.41. The normalized spacial score (nSPS) is 11.1. The van der Waals surface area contributed by atoms with Gasteiger partial charge in [-0.15, -0.1) is 0 Å². The van der Waals surface area contributed by atoms with E-state index in [0.717, 1.165) is 17.9 Å². The van der Waals surface area contributed by atoms with Crippen LogP contribution in [0, 0.1) is 0 Å². The van der Waals surface area contributed by atoms with E-state index in [0.29, 0.717) is 0 Å². The van der Waals surface area contributed by atoms with Crippen molar-refractivity contribution >= 4 is 20.9 Å². The van der Waals surface area contributed by atoms with E-state index in [1.165, 1.54) is 5.56 Å². The number of hydrogen-bond acceptors (Lipinski definition) is 3. The molecule has 4 heteroatoms. The third kappa shape index (κ3) is 4.33. The third-order valence-corrected chi connectivity index (χ3v) is 3.26. The predicted octanol–water partition coefficient (Wildman–Crippen LogP) is 3.39. The Hall–Kier alpha value is -1.94. The lowest BCUT2D eigenvalue weighted by Gasteiger charge is -2.11. The van der Waals surface area contributed by atoms with Crippen LogP contribution in [0.2, 0.25) is 13.1 Å². The number of rotatable bonds is 5. The van der Waals surface area contributed by atoms with Crippen LogP contribution in [0.15, 0.2) is 53.8 Å². The first-order chi connectivity index (χ1) is 9.25. The topological polar surface area (TPSA) is 34.5 Å². The van der Waals surface area contributed by atoms with E-state index in [1.54, 1.807) is 12.4 Å². The average molecular weight is 270 g/mol. The fraction of sp³-hybridized carbons (Fsp3) is 0.200. The standard InChI is InChI=1S/C15H18N2OSi/c1-19(2)18-15-6-4-3-5-14(15)17-12-9-13-7-10-16-11-8-13/h3-8,10-12,19H,9H2,1-2H3. The van der Waals surface area contributed by atoms with Crippen molar-refractivity contribution in [2.24, 2.45) is 4.99 Å². The molecule has 0 bridgehead atoms. The van der Waals surface area contributed by atoms with Crippen LogP contribution in [-0.2, 0) is 6.42 Å². The van der Waals surface area contributed by atoms with Gasteiger partial charge < -0.3 is 4.43 Å². The van der Waals surface area contributed by atoms with Crippen molar-refractivity contribution < 1.29 is 4.43 Å². The minimum absolute atomic E-state index is 0.802. The van der Waals surface area contributed by atoms with E-state index >= 15 is 0 Å². The fourth-order valence-corrected chi connectivity index (χ4v) is 2.39. The zero-order chi connectivity index (χ0) is 13.5. The zero-order valence-corrected chi connectivity index (χ0v) is 12.4. The molecule has 0 aliphatic heterocycles. The smallest absolute Gasteiger partial charge is 0.229 e. The lowest BCUT2D eigenvalue weighted by Crippen LogP contribution is -2.11. The van der Waals surface area contributed by atoms with Gasteiger partial charge >= 0.3 is 0 Å². The number of benzene rings is 1. The number of pyridine rings is 1. The first-order valence-corrected chi connectivity index (χ1v) is 9.21. The molecule has 0 aliphatic carbocycles. The van der Waals surface area contributed by atoms with E-state index in [9.17, 15) is 0 Å². The number of hydrogen-bond donors (Lipinski definition) is 0. The number of aromatic nitrogens is 1. The molecule has 0 fully saturated rings. The molecule has 0 aliphatic rings. The van der Waals surface area contributed by atoms with Crippen molar-refractivity contribution in [1.29, 1.82) is 0 Å². The summed E-state index contributed by atoms with van der Waals surface area (Å²) in [6.45, 7) is 4.30. The zero-order valence-electron chi connectivity index (χ0n) is 11.3. The van der Waals surface area contributed by atoms with Crippen LogP contribution in [-0.4, -0.2) is 20.2 Å². The van der Waals surface area contributed by atoms with Gasteiger partial charge in [0.25, 0.3) is 0 Å². The summed E-state index contributed by atoms with van der Waals surface area (Å²) in [6, 6.07) is 11.9. The van der Waals surface area contributed by atoms with Gasteiger partial charge in [-0.05, 0) is 42.9 Å². The van der Waals surface area contributed by atoms with Crippen LogP contribution in [0.5, 0.6) is 5.75 Å². The van der Waals surface area contributed by atoms with Crippen molar-refractivity contribution in [3.63, 3.8) is 0 Å². The molecule has 0 saturated carbocycles. The van der Waals surface area contributed by atoms with Crippen LogP contribution in [0.25, 0.3) is 0 Å². The van der Waals surface area contributed by atoms with Crippen LogP contribution in [0.3, 0.4) is 0 Å². The first kappa shape index (κ1) is 13.5. The summed E-state index contributed by atoms with van der Waals surface area (Å²) in [5.74, 6) is 0.884. The molecular weight excluding hydrogens is 252 g/mol. The molecule has 98 valence electrons. The van der Waals surface area contributed by atoms with Gasteiger partial charge in [-0.2, -0.15) is 0 Å². The maximum Gasteiger partial charge on any atom is 0.229 e. The Morgan fingerprint density at radius 3 is 2.63 bits per heavy atom. The molecule has 3 nitrogen and oxygen atoms in total. The summed E-state index contributed by atoms with van der Waals surface area (Å²) in [7, 11) is -1.10. The molecule has 0 saturated heterocycles. The summed E-state index contributed by atoms with van der Waals surface area (Å²) in [5, 5.41) is 0. The summed E-state index contributed by atoms with van der Waals surface area (Å²) in [6.07, 6.45) is 6.31. The van der Waals surface area contributed by atoms with E-state index < -0.39 is 9.04 Å². The molecule has 0 spiro atoms. The third-order valence-electron chi connectivity index (χ3n) is 2.53. The van der Waals surface area contributed by atoms with Gasteiger partial charge in [-0.3, -0.25) is 9.98 Å². The number of aliphatic imine (C=N–C) groups is 1. The van der Waals surface area contributed by atoms with Crippen molar-refractivity contribution in [2.75, 3.05) is 0 Å². The first-order valence-electron chi connectivity index (χ1n) is 6.43. The molecule has 0 unspecified atom stereocenters. The molecule has 0 radical (unpaired) electrons. The van der Waals surface area contributed by atoms with E-state index in [1.807, 2.05) is 42.6 Å². The second-order valence-electron chi connectivity index (χ2n) is 4.51. The largest absolute Gasteiger partial charge is 0.546 e. The van der Waals surface area contributed by atoms with Gasteiger partial charge in [0, 0.05) is 25.0 Å². The molecule has 1 heterocycles. The van der Waals surface area contributed by atoms with Crippen LogP contribution in [0.1, 0.15) is 5.56 Å². The molecule has 1 aromatic carbocycles. The van der Waals surface area contributed by atoms with E-state index in [4.69, 9.17) is 4.43 Å². The molecule has 1 aromatic heterocycles. The van der Waals surface area contributed by atoms with Gasteiger partial charge in [0.05, 0.1) is 0 Å². The SMILES string of the molecule is C[SiH](C)Oc1ccccc1N=CCc1ccncc1. The van der Waals surface area contributed by atoms with Gasteiger partial charge in [0.2, 0.25) is 9.04 Å². The van der Waals surface area contributed by atoms with Crippen LogP contribution < -0.4 is 4.43 Å². The lowest BCUT2D eigenvalue weighted by atomic mass is 10.2. The fourth-order valence-electron chi connectivity index (χ4n) is 1.69. The van der Waals surface area contributed by atoms with Gasteiger partial charge in [0.1, 0.15) is 11.4 Å². The molecular formula is C15H18N2OSi. The monoisotopic (exact) mass is 270 g/mol. The van der Waals surface area contributed by atoms with Crippen LogP contribution in [0.4, 0.5) is 5.69 Å². The summed E-state index contributed by atoms with van der Waals surface area (Å²) >= 11 is 0. The highest BCUT2D eigenvalue weighted by molar-refractivity contribution is 6.49. The molecule has 2 rings (SSSR count). The maximum atomic E-state index is 5.86. The minimum atomic E-state index is -1.10. The van der Waals surface area contributed by atoms with Crippen molar-refractivity contribution in [2.45, 2.75) is 19.5 Å². The lowest BCUT2D eigenvalue weighted by molar-refractivity contribution is 0.582. The Labute approximate surface area is 115 Å². The molecule has 0 amide bonds. The Balaban J connectivity index is 2.06. The second kappa shape index (κ2) is 6.85. The Morgan fingerprint density at radius 2 is 1.89 bits per heavy atom. The van der Waals surface area contributed by atoms with Crippen LogP contribution >= 0.6 is 0 Å².